The van der Waals surface area contributed by atoms with Crippen molar-refractivity contribution in [3.8, 4) is 0 Å². The Balaban J connectivity index is 1.89. The predicted molar refractivity (Wildman–Crippen MR) is 59.7 cm³/mol. The van der Waals surface area contributed by atoms with Crippen molar-refractivity contribution in [2.75, 3.05) is 0 Å². The lowest BCUT2D eigenvalue weighted by molar-refractivity contribution is 0.498. The van der Waals surface area contributed by atoms with Crippen LogP contribution in [0.4, 0.5) is 0 Å². The van der Waals surface area contributed by atoms with Gasteiger partial charge in [0.2, 0.25) is 0 Å². The molecular formula is C11H16N4O. The second kappa shape index (κ2) is 4.49. The molecule has 16 heavy (non-hydrogen) atoms. The number of nitrogens with zero attached hydrogens (tertiary/aromatic N) is 3. The van der Waals surface area contributed by atoms with E-state index in [0.717, 1.165) is 30.3 Å². The molecule has 2 aromatic rings. The van der Waals surface area contributed by atoms with Crippen LogP contribution in [-0.4, -0.2) is 15.0 Å². The first-order chi connectivity index (χ1) is 7.66. The maximum absolute atomic E-state index is 5.46. The summed E-state index contributed by atoms with van der Waals surface area (Å²) in [6.45, 7) is 5.50. The van der Waals surface area contributed by atoms with Gasteiger partial charge in [-0.1, -0.05) is 5.21 Å². The van der Waals surface area contributed by atoms with Gasteiger partial charge in [0.1, 0.15) is 11.5 Å². The normalized spacial score (nSPS) is 10.9. The molecule has 0 aliphatic rings. The number of aryl methyl sites for hydroxylation is 3. The van der Waals surface area contributed by atoms with Crippen LogP contribution in [0.5, 0.6) is 0 Å². The number of hydrogen-bond donors (Lipinski definition) is 1. The summed E-state index contributed by atoms with van der Waals surface area (Å²) in [4.78, 5) is 0. The monoisotopic (exact) mass is 220 g/mol. The molecule has 5 nitrogen and oxygen atoms in total. The second-order valence-corrected chi connectivity index (χ2v) is 3.89. The van der Waals surface area contributed by atoms with Crippen molar-refractivity contribution in [3.05, 3.63) is 35.0 Å². The Labute approximate surface area is 94.5 Å². The molecule has 0 aliphatic heterocycles. The van der Waals surface area contributed by atoms with E-state index >= 15 is 0 Å². The summed E-state index contributed by atoms with van der Waals surface area (Å²) in [6.07, 6.45) is 1.76. The molecule has 0 fully saturated rings. The minimum atomic E-state index is 0.757. The average Bonchev–Trinajstić information content (AvgIpc) is 2.75. The first-order valence-corrected chi connectivity index (χ1v) is 5.27. The first-order valence-electron chi connectivity index (χ1n) is 5.27. The number of hydrogen-bond acceptors (Lipinski definition) is 4. The molecule has 0 saturated carbocycles. The van der Waals surface area contributed by atoms with E-state index in [4.69, 9.17) is 4.42 Å². The smallest absolute Gasteiger partial charge is 0.105 e. The van der Waals surface area contributed by atoms with Crippen molar-refractivity contribution >= 4 is 0 Å². The van der Waals surface area contributed by atoms with Crippen molar-refractivity contribution in [1.29, 1.82) is 0 Å². The van der Waals surface area contributed by atoms with Gasteiger partial charge in [0, 0.05) is 25.7 Å². The van der Waals surface area contributed by atoms with E-state index in [0.29, 0.717) is 0 Å². The van der Waals surface area contributed by atoms with Crippen LogP contribution in [0.2, 0.25) is 0 Å². The van der Waals surface area contributed by atoms with Crippen molar-refractivity contribution in [2.45, 2.75) is 26.9 Å². The molecule has 0 unspecified atom stereocenters. The maximum Gasteiger partial charge on any atom is 0.105 e. The third-order valence-corrected chi connectivity index (χ3v) is 2.57. The highest BCUT2D eigenvalue weighted by Gasteiger charge is 2.04. The molecule has 0 spiro atoms. The summed E-state index contributed by atoms with van der Waals surface area (Å²) in [5.74, 6) is 1.93. The highest BCUT2D eigenvalue weighted by Crippen LogP contribution is 2.13. The van der Waals surface area contributed by atoms with Crippen molar-refractivity contribution < 1.29 is 4.42 Å². The van der Waals surface area contributed by atoms with Crippen molar-refractivity contribution in [3.63, 3.8) is 0 Å². The number of aromatic nitrogens is 3. The Morgan fingerprint density at radius 3 is 2.75 bits per heavy atom. The van der Waals surface area contributed by atoms with Crippen LogP contribution in [0, 0.1) is 13.8 Å². The lowest BCUT2D eigenvalue weighted by Crippen LogP contribution is -2.15. The molecule has 86 valence electrons. The van der Waals surface area contributed by atoms with Gasteiger partial charge in [-0.2, -0.15) is 0 Å². The van der Waals surface area contributed by atoms with E-state index in [9.17, 15) is 0 Å². The van der Waals surface area contributed by atoms with Crippen LogP contribution >= 0.6 is 0 Å². The standard InChI is InChI=1S/C11H16N4O/c1-8-4-10(9(2)16-8)5-12-6-11-7-13-14-15(11)3/h4,7,12H,5-6H2,1-3H3. The summed E-state index contributed by atoms with van der Waals surface area (Å²) in [6, 6.07) is 2.06. The third kappa shape index (κ3) is 2.30. The van der Waals surface area contributed by atoms with Crippen LogP contribution in [0.25, 0.3) is 0 Å². The van der Waals surface area contributed by atoms with Crippen LogP contribution in [0.1, 0.15) is 22.8 Å². The van der Waals surface area contributed by atoms with Gasteiger partial charge in [0.05, 0.1) is 11.9 Å². The van der Waals surface area contributed by atoms with E-state index < -0.39 is 0 Å². The predicted octanol–water partition coefficient (Wildman–Crippen LogP) is 1.31. The van der Waals surface area contributed by atoms with Gasteiger partial charge in [-0.3, -0.25) is 4.68 Å². The molecule has 0 aromatic carbocycles. The molecule has 0 amide bonds. The van der Waals surface area contributed by atoms with Crippen molar-refractivity contribution in [1.82, 2.24) is 20.3 Å². The second-order valence-electron chi connectivity index (χ2n) is 3.89. The molecule has 1 N–H and O–H groups in total. The minimum Gasteiger partial charge on any atom is -0.466 e. The fraction of sp³-hybridized carbons (Fsp3) is 0.455. The highest BCUT2D eigenvalue weighted by molar-refractivity contribution is 5.19. The maximum atomic E-state index is 5.46. The molecule has 5 heteroatoms. The van der Waals surface area contributed by atoms with Crippen molar-refractivity contribution in [2.24, 2.45) is 7.05 Å². The summed E-state index contributed by atoms with van der Waals surface area (Å²) in [5.41, 5.74) is 2.27. The fourth-order valence-corrected chi connectivity index (χ4v) is 1.66. The van der Waals surface area contributed by atoms with E-state index in [2.05, 4.69) is 21.7 Å². The van der Waals surface area contributed by atoms with Crippen LogP contribution in [-0.2, 0) is 20.1 Å². The molecule has 0 atom stereocenters. The molecule has 0 bridgehead atoms. The minimum absolute atomic E-state index is 0.757. The van der Waals surface area contributed by atoms with Gasteiger partial charge < -0.3 is 9.73 Å². The van der Waals surface area contributed by atoms with E-state index in [1.165, 1.54) is 5.56 Å². The molecule has 0 radical (unpaired) electrons. The zero-order valence-corrected chi connectivity index (χ0v) is 9.82. The summed E-state index contributed by atoms with van der Waals surface area (Å²) in [7, 11) is 1.89. The number of furan rings is 1. The first kappa shape index (κ1) is 10.9. The van der Waals surface area contributed by atoms with Gasteiger partial charge in [-0.15, -0.1) is 5.10 Å². The molecule has 2 rings (SSSR count). The molecular weight excluding hydrogens is 204 g/mol. The zero-order valence-electron chi connectivity index (χ0n) is 9.82. The Bertz CT molecular complexity index is 472. The average molecular weight is 220 g/mol. The lowest BCUT2D eigenvalue weighted by atomic mass is 10.2. The Morgan fingerprint density at radius 1 is 1.38 bits per heavy atom. The van der Waals surface area contributed by atoms with E-state index in [-0.39, 0.29) is 0 Å². The Morgan fingerprint density at radius 2 is 2.19 bits per heavy atom. The summed E-state index contributed by atoms with van der Waals surface area (Å²) in [5, 5.41) is 11.0. The van der Waals surface area contributed by atoms with Gasteiger partial charge in [-0.25, -0.2) is 0 Å². The molecule has 2 heterocycles. The van der Waals surface area contributed by atoms with Gasteiger partial charge in [0.25, 0.3) is 0 Å². The molecule has 0 aliphatic carbocycles. The molecule has 2 aromatic heterocycles. The van der Waals surface area contributed by atoms with Crippen LogP contribution in [0.3, 0.4) is 0 Å². The summed E-state index contributed by atoms with van der Waals surface area (Å²) >= 11 is 0. The van der Waals surface area contributed by atoms with E-state index in [1.807, 2.05) is 20.9 Å². The van der Waals surface area contributed by atoms with Gasteiger partial charge in [-0.05, 0) is 19.9 Å². The van der Waals surface area contributed by atoms with Crippen LogP contribution in [0.15, 0.2) is 16.7 Å². The van der Waals surface area contributed by atoms with E-state index in [1.54, 1.807) is 10.9 Å². The zero-order chi connectivity index (χ0) is 11.5. The molecule has 0 saturated heterocycles. The number of nitrogens with one attached hydrogen (secondary N) is 1. The fourth-order valence-electron chi connectivity index (χ4n) is 1.66. The Kier molecular flexibility index (Phi) is 3.05. The SMILES string of the molecule is Cc1cc(CNCc2cnnn2C)c(C)o1. The van der Waals surface area contributed by atoms with Crippen LogP contribution < -0.4 is 5.32 Å². The number of rotatable bonds is 4. The third-order valence-electron chi connectivity index (χ3n) is 2.57. The lowest BCUT2D eigenvalue weighted by Gasteiger charge is -2.03. The van der Waals surface area contributed by atoms with Gasteiger partial charge in [0.15, 0.2) is 0 Å². The van der Waals surface area contributed by atoms with Gasteiger partial charge >= 0.3 is 0 Å². The highest BCUT2D eigenvalue weighted by atomic mass is 16.3. The largest absolute Gasteiger partial charge is 0.466 e. The summed E-state index contributed by atoms with van der Waals surface area (Å²) < 4.78 is 7.22. The quantitative estimate of drug-likeness (QED) is 0.844. The Hall–Kier alpha value is -1.62. The topological polar surface area (TPSA) is 55.9 Å².